The van der Waals surface area contributed by atoms with Crippen LogP contribution in [-0.2, 0) is 42.1 Å². The zero-order valence-electron chi connectivity index (χ0n) is 28.0. The van der Waals surface area contributed by atoms with Gasteiger partial charge in [-0.25, -0.2) is 0 Å². The van der Waals surface area contributed by atoms with Crippen LogP contribution in [-0.4, -0.2) is 54.3 Å². The fourth-order valence-electron chi connectivity index (χ4n) is 5.93. The number of fused-ring (bicyclic) bond motifs is 2. The van der Waals surface area contributed by atoms with E-state index in [1.54, 1.807) is 36.4 Å². The van der Waals surface area contributed by atoms with Gasteiger partial charge in [-0.15, -0.1) is 38.3 Å². The molecule has 0 aliphatic carbocycles. The van der Waals surface area contributed by atoms with Crippen molar-refractivity contribution < 1.29 is 42.1 Å². The van der Waals surface area contributed by atoms with E-state index in [1.165, 1.54) is 75.6 Å². The van der Waals surface area contributed by atoms with Crippen molar-refractivity contribution in [3.8, 4) is 0 Å². The van der Waals surface area contributed by atoms with E-state index >= 15 is 0 Å². The number of nitrogen functional groups attached to an aromatic ring is 2. The second kappa shape index (κ2) is 21.9. The van der Waals surface area contributed by atoms with Gasteiger partial charge < -0.3 is 52.7 Å². The predicted molar refractivity (Wildman–Crippen MR) is 195 cm³/mol. The molecule has 0 radical (unpaired) electrons. The van der Waals surface area contributed by atoms with E-state index < -0.39 is 0 Å². The van der Waals surface area contributed by atoms with Crippen LogP contribution >= 0.6 is 0 Å². The van der Waals surface area contributed by atoms with E-state index in [4.69, 9.17) is 11.5 Å². The summed E-state index contributed by atoms with van der Waals surface area (Å²) in [5, 5.41) is 20.0. The number of aromatic nitrogens is 4. The third kappa shape index (κ3) is 13.2. The summed E-state index contributed by atoms with van der Waals surface area (Å²) in [5.41, 5.74) is 12.3. The largest absolute Gasteiger partial charge is 4.00 e. The van der Waals surface area contributed by atoms with E-state index in [2.05, 4.69) is 59.4 Å². The van der Waals surface area contributed by atoms with Gasteiger partial charge in [0.25, 0.3) is 0 Å². The minimum Gasteiger partial charge on any atom is -0.686 e. The molecule has 0 aromatic carbocycles. The molecule has 50 heavy (non-hydrogen) atoms. The standard InChI is InChI=1S/C10H18N2.C10H14N2.2C8H7N3O.2Pt/c2*1-3-7-11-9(5-1)10-6-2-4-8-12-10;2*9-6-3-1-5-2-4-7(12)11-8(5)10-6;;/h9-10H,1-8H2;1,3,5,10H,2,4,6-8H2;2*1-4H,(H3,9,10,11,12);;/q2*-2;;;2*+4/p-2. The molecule has 14 heteroatoms. The van der Waals surface area contributed by atoms with E-state index in [1.807, 2.05) is 0 Å². The molecule has 4 aromatic heterocycles. The Morgan fingerprint density at radius 1 is 0.600 bits per heavy atom. The number of nitrogens with two attached hydrogens (primary N) is 2. The Kier molecular flexibility index (Phi) is 18.1. The van der Waals surface area contributed by atoms with Crippen LogP contribution in [0.1, 0.15) is 57.8 Å². The Hall–Kier alpha value is -3.14. The Balaban J connectivity index is 0.000000178. The number of nitrogens with zero attached hydrogens (tertiary/aromatic N) is 8. The average molecular weight is 1040 g/mol. The van der Waals surface area contributed by atoms with Gasteiger partial charge >= 0.3 is 42.1 Å². The van der Waals surface area contributed by atoms with Crippen LogP contribution in [0.3, 0.4) is 0 Å². The SMILES string of the molecule is C1=CC[N-]C(C2CCCC[N-]2)=C1.C1CCC(C2CCCC[N-]2)[N-]C1.Nc1ccc2ccc(=O)[n-]c2n1.Nc1ccc2ccc(=O)[n-]c2n1.[Pt+4].[Pt+4]. The number of anilines is 2. The number of hydrogen-bond acceptors (Lipinski definition) is 6. The van der Waals surface area contributed by atoms with Gasteiger partial charge in [0.15, 0.2) is 11.1 Å². The second-order valence-electron chi connectivity index (χ2n) is 12.1. The molecule has 268 valence electrons. The van der Waals surface area contributed by atoms with Crippen LogP contribution in [0.15, 0.2) is 82.0 Å². The van der Waals surface area contributed by atoms with Gasteiger partial charge in [-0.2, -0.15) is 17.8 Å². The third-order valence-corrected chi connectivity index (χ3v) is 8.44. The molecule has 3 unspecified atom stereocenters. The van der Waals surface area contributed by atoms with Gasteiger partial charge in [-0.3, -0.25) is 9.59 Å². The normalized spacial score (nSPS) is 21.1. The Morgan fingerprint density at radius 2 is 1.08 bits per heavy atom. The number of pyridine rings is 4. The van der Waals surface area contributed by atoms with Crippen LogP contribution in [0.25, 0.3) is 43.3 Å². The van der Waals surface area contributed by atoms with Crippen LogP contribution < -0.4 is 32.6 Å². The summed E-state index contributed by atoms with van der Waals surface area (Å²) in [7, 11) is 0. The number of rotatable bonds is 2. The van der Waals surface area contributed by atoms with Crippen molar-refractivity contribution in [1.29, 1.82) is 0 Å². The molecule has 4 aromatic rings. The molecule has 3 saturated heterocycles. The molecule has 8 heterocycles. The van der Waals surface area contributed by atoms with Crippen molar-refractivity contribution in [2.75, 3.05) is 37.6 Å². The summed E-state index contributed by atoms with van der Waals surface area (Å²) < 4.78 is 0. The van der Waals surface area contributed by atoms with E-state index in [0.717, 1.165) is 37.0 Å². The minimum absolute atomic E-state index is 0. The summed E-state index contributed by atoms with van der Waals surface area (Å²) >= 11 is 0. The molecule has 0 bridgehead atoms. The first-order valence-corrected chi connectivity index (χ1v) is 16.9. The van der Waals surface area contributed by atoms with Crippen LogP contribution in [0.4, 0.5) is 11.6 Å². The molecule has 4 aliphatic rings. The number of allylic oxidation sites excluding steroid dienone is 2. The van der Waals surface area contributed by atoms with Crippen molar-refractivity contribution in [2.24, 2.45) is 0 Å². The van der Waals surface area contributed by atoms with Gasteiger partial charge in [0.05, 0.1) is 0 Å². The number of piperidine rings is 3. The summed E-state index contributed by atoms with van der Waals surface area (Å²) in [5.74, 6) is 0.751. The Morgan fingerprint density at radius 3 is 1.50 bits per heavy atom. The topological polar surface area (TPSA) is 197 Å². The summed E-state index contributed by atoms with van der Waals surface area (Å²) in [4.78, 5) is 36.8. The van der Waals surface area contributed by atoms with Gasteiger partial charge in [0.1, 0.15) is 0 Å². The van der Waals surface area contributed by atoms with Crippen molar-refractivity contribution in [2.45, 2.75) is 75.9 Å². The van der Waals surface area contributed by atoms with Gasteiger partial charge in [-0.1, -0.05) is 94.2 Å². The number of hydrogen-bond donors (Lipinski definition) is 2. The first-order chi connectivity index (χ1) is 23.4. The van der Waals surface area contributed by atoms with Crippen molar-refractivity contribution >= 4 is 33.7 Å². The molecular formula is C36H44N10O2Pt2+2. The fourth-order valence-corrected chi connectivity index (χ4v) is 5.93. The zero-order valence-corrected chi connectivity index (χ0v) is 32.5. The first-order valence-electron chi connectivity index (χ1n) is 16.9. The van der Waals surface area contributed by atoms with Crippen molar-refractivity contribution in [1.82, 2.24) is 19.9 Å². The van der Waals surface area contributed by atoms with E-state index in [9.17, 15) is 9.59 Å². The van der Waals surface area contributed by atoms with Crippen LogP contribution in [0.5, 0.6) is 0 Å². The quantitative estimate of drug-likeness (QED) is 0.250. The van der Waals surface area contributed by atoms with Crippen LogP contribution in [0, 0.1) is 0 Å². The average Bonchev–Trinajstić information content (AvgIpc) is 3.13. The molecule has 4 N–H and O–H groups in total. The Bertz CT molecular complexity index is 1670. The van der Waals surface area contributed by atoms with Crippen molar-refractivity contribution in [3.05, 3.63) is 114 Å². The van der Waals surface area contributed by atoms with E-state index in [0.29, 0.717) is 41.1 Å². The fraction of sp³-hybridized carbons (Fsp3) is 0.444. The maximum Gasteiger partial charge on any atom is 4.00 e. The smallest absolute Gasteiger partial charge is 0.686 e. The molecule has 0 amide bonds. The summed E-state index contributed by atoms with van der Waals surface area (Å²) in [6.07, 6.45) is 18.0. The maximum atomic E-state index is 10.8. The first kappa shape index (κ1) is 41.3. The van der Waals surface area contributed by atoms with Gasteiger partial charge in [0.2, 0.25) is 0 Å². The molecule has 0 saturated carbocycles. The van der Waals surface area contributed by atoms with Crippen LogP contribution in [0.2, 0.25) is 0 Å². The molecule has 3 fully saturated rings. The predicted octanol–water partition coefficient (Wildman–Crippen LogP) is 5.84. The molecule has 0 spiro atoms. The zero-order chi connectivity index (χ0) is 33.6. The van der Waals surface area contributed by atoms with Gasteiger partial charge in [-0.05, 0) is 46.3 Å². The summed E-state index contributed by atoms with van der Waals surface area (Å²) in [6.45, 7) is 4.06. The Labute approximate surface area is 322 Å². The third-order valence-electron chi connectivity index (χ3n) is 8.44. The molecular weight excluding hydrogens is 995 g/mol. The summed E-state index contributed by atoms with van der Waals surface area (Å²) in [6, 6.07) is 14.7. The molecule has 3 atom stereocenters. The van der Waals surface area contributed by atoms with E-state index in [-0.39, 0.29) is 53.2 Å². The molecule has 8 rings (SSSR count). The minimum atomic E-state index is -0.291. The monoisotopic (exact) mass is 1040 g/mol. The molecule has 12 nitrogen and oxygen atoms in total. The second-order valence-corrected chi connectivity index (χ2v) is 12.1. The molecule has 4 aliphatic heterocycles. The maximum absolute atomic E-state index is 10.8. The van der Waals surface area contributed by atoms with Crippen molar-refractivity contribution in [3.63, 3.8) is 0 Å². The van der Waals surface area contributed by atoms with Gasteiger partial charge in [0, 0.05) is 11.6 Å².